The summed E-state index contributed by atoms with van der Waals surface area (Å²) >= 11 is 0. The first-order chi connectivity index (χ1) is 15.1. The predicted molar refractivity (Wildman–Crippen MR) is 115 cm³/mol. The molecule has 0 saturated heterocycles. The Morgan fingerprint density at radius 3 is 2.61 bits per heavy atom. The summed E-state index contributed by atoms with van der Waals surface area (Å²) in [7, 11) is 0. The molecule has 3 unspecified atom stereocenters. The molecule has 7 rings (SSSR count). The molecule has 1 amide bonds. The van der Waals surface area contributed by atoms with E-state index in [1.54, 1.807) is 12.6 Å². The fraction of sp³-hybridized carbons (Fsp3) is 0.480. The fourth-order valence-corrected chi connectivity index (χ4v) is 7.17. The van der Waals surface area contributed by atoms with Gasteiger partial charge in [0.15, 0.2) is 0 Å². The molecular formula is C25H28N4O2. The lowest BCUT2D eigenvalue weighted by atomic mass is 9.50. The zero-order valence-corrected chi connectivity index (χ0v) is 17.6. The third-order valence-corrected chi connectivity index (χ3v) is 7.82. The van der Waals surface area contributed by atoms with Gasteiger partial charge in [-0.25, -0.2) is 9.67 Å². The molecule has 0 aliphatic heterocycles. The second kappa shape index (κ2) is 7.08. The number of amides is 1. The number of carbonyl (C=O) groups excluding carboxylic acids is 1. The fourth-order valence-electron chi connectivity index (χ4n) is 7.17. The molecule has 2 heterocycles. The highest BCUT2D eigenvalue weighted by atomic mass is 16.3. The second-order valence-corrected chi connectivity index (χ2v) is 10.0. The van der Waals surface area contributed by atoms with Crippen molar-refractivity contribution in [1.29, 1.82) is 0 Å². The van der Waals surface area contributed by atoms with Gasteiger partial charge in [0.1, 0.15) is 18.4 Å². The normalized spacial score (nSPS) is 32.1. The first-order valence-corrected chi connectivity index (χ1v) is 11.4. The van der Waals surface area contributed by atoms with Gasteiger partial charge >= 0.3 is 0 Å². The number of nitrogens with zero attached hydrogens (tertiary/aromatic N) is 3. The highest BCUT2D eigenvalue weighted by molar-refractivity contribution is 5.78. The SMILES string of the molecule is O=C(CC(c1ccccc1)c1ccco1)NC12CC3CC(C1)CC(n1cncn1)(C3)C2. The maximum Gasteiger partial charge on any atom is 0.221 e. The van der Waals surface area contributed by atoms with E-state index in [0.717, 1.165) is 43.4 Å². The lowest BCUT2D eigenvalue weighted by Gasteiger charge is -2.61. The van der Waals surface area contributed by atoms with Crippen molar-refractivity contribution in [2.75, 3.05) is 0 Å². The molecule has 0 radical (unpaired) electrons. The molecule has 3 atom stereocenters. The number of benzene rings is 1. The average Bonchev–Trinajstić information content (AvgIpc) is 3.46. The Morgan fingerprint density at radius 2 is 1.94 bits per heavy atom. The minimum Gasteiger partial charge on any atom is -0.469 e. The highest BCUT2D eigenvalue weighted by Gasteiger charge is 2.59. The zero-order chi connectivity index (χ0) is 20.9. The summed E-state index contributed by atoms with van der Waals surface area (Å²) in [5.41, 5.74) is 0.989. The molecule has 6 nitrogen and oxygen atoms in total. The summed E-state index contributed by atoms with van der Waals surface area (Å²) in [5.74, 6) is 2.18. The van der Waals surface area contributed by atoms with Gasteiger partial charge in [0, 0.05) is 12.0 Å². The van der Waals surface area contributed by atoms with Gasteiger partial charge in [0.25, 0.3) is 0 Å². The van der Waals surface area contributed by atoms with Crippen molar-refractivity contribution in [3.8, 4) is 0 Å². The molecule has 1 N–H and O–H groups in total. The topological polar surface area (TPSA) is 73.0 Å². The van der Waals surface area contributed by atoms with E-state index >= 15 is 0 Å². The minimum atomic E-state index is -0.127. The quantitative estimate of drug-likeness (QED) is 0.652. The summed E-state index contributed by atoms with van der Waals surface area (Å²) in [5, 5.41) is 8.05. The molecule has 31 heavy (non-hydrogen) atoms. The van der Waals surface area contributed by atoms with Crippen LogP contribution in [0.2, 0.25) is 0 Å². The standard InChI is InChI=1S/C25H28N4O2/c30-23(10-21(22-7-4-8-31-22)20-5-2-1-3-6-20)28-24-11-18-9-19(12-24)14-25(13-18,15-24)29-17-26-16-27-29/h1-8,16-19,21H,9-15H2,(H,28,30). The smallest absolute Gasteiger partial charge is 0.221 e. The maximum atomic E-state index is 13.4. The molecule has 2 aromatic heterocycles. The van der Waals surface area contributed by atoms with Gasteiger partial charge in [-0.05, 0) is 68.1 Å². The number of furan rings is 1. The van der Waals surface area contributed by atoms with Crippen LogP contribution in [0.25, 0.3) is 0 Å². The first kappa shape index (κ1) is 18.8. The largest absolute Gasteiger partial charge is 0.469 e. The number of hydrogen-bond acceptors (Lipinski definition) is 4. The van der Waals surface area contributed by atoms with E-state index in [1.807, 2.05) is 36.7 Å². The van der Waals surface area contributed by atoms with Crippen LogP contribution in [0.5, 0.6) is 0 Å². The summed E-state index contributed by atoms with van der Waals surface area (Å²) in [6.45, 7) is 0. The van der Waals surface area contributed by atoms with E-state index in [4.69, 9.17) is 4.42 Å². The van der Waals surface area contributed by atoms with Crippen molar-refractivity contribution in [3.05, 3.63) is 72.7 Å². The van der Waals surface area contributed by atoms with Gasteiger partial charge in [-0.15, -0.1) is 0 Å². The number of aromatic nitrogens is 3. The van der Waals surface area contributed by atoms with E-state index < -0.39 is 0 Å². The molecule has 4 aliphatic carbocycles. The van der Waals surface area contributed by atoms with Crippen molar-refractivity contribution in [1.82, 2.24) is 20.1 Å². The Kier molecular flexibility index (Phi) is 4.30. The van der Waals surface area contributed by atoms with E-state index in [2.05, 4.69) is 32.2 Å². The molecule has 4 saturated carbocycles. The van der Waals surface area contributed by atoms with Crippen molar-refractivity contribution in [3.63, 3.8) is 0 Å². The van der Waals surface area contributed by atoms with Crippen molar-refractivity contribution < 1.29 is 9.21 Å². The molecule has 6 heteroatoms. The maximum absolute atomic E-state index is 13.4. The second-order valence-electron chi connectivity index (χ2n) is 10.0. The van der Waals surface area contributed by atoms with Crippen LogP contribution in [0.3, 0.4) is 0 Å². The van der Waals surface area contributed by atoms with Gasteiger partial charge in [0.05, 0.1) is 17.7 Å². The Hall–Kier alpha value is -2.89. The van der Waals surface area contributed by atoms with Crippen LogP contribution >= 0.6 is 0 Å². The van der Waals surface area contributed by atoms with Gasteiger partial charge in [0.2, 0.25) is 5.91 Å². The van der Waals surface area contributed by atoms with Crippen LogP contribution in [0.1, 0.15) is 62.2 Å². The van der Waals surface area contributed by atoms with Crippen molar-refractivity contribution in [2.45, 2.75) is 61.9 Å². The van der Waals surface area contributed by atoms with Gasteiger partial charge in [-0.1, -0.05) is 30.3 Å². The molecule has 160 valence electrons. The Morgan fingerprint density at radius 1 is 1.13 bits per heavy atom. The lowest BCUT2D eigenvalue weighted by Crippen LogP contribution is -2.66. The number of rotatable bonds is 6. The third kappa shape index (κ3) is 3.29. The van der Waals surface area contributed by atoms with Crippen LogP contribution in [0.15, 0.2) is 65.8 Å². The van der Waals surface area contributed by atoms with Crippen molar-refractivity contribution in [2.24, 2.45) is 11.8 Å². The summed E-state index contributed by atoms with van der Waals surface area (Å²) in [6.07, 6.45) is 12.3. The van der Waals surface area contributed by atoms with Crippen LogP contribution < -0.4 is 5.32 Å². The molecule has 4 bridgehead atoms. The molecular weight excluding hydrogens is 388 g/mol. The minimum absolute atomic E-state index is 0.00764. The Labute approximate surface area is 182 Å². The third-order valence-electron chi connectivity index (χ3n) is 7.82. The van der Waals surface area contributed by atoms with Crippen LogP contribution in [-0.4, -0.2) is 26.2 Å². The summed E-state index contributed by atoms with van der Waals surface area (Å²) in [4.78, 5) is 17.6. The molecule has 3 aromatic rings. The van der Waals surface area contributed by atoms with Gasteiger partial charge in [-0.2, -0.15) is 5.10 Å². The Bertz CT molecular complexity index is 1030. The van der Waals surface area contributed by atoms with E-state index in [-0.39, 0.29) is 22.9 Å². The van der Waals surface area contributed by atoms with E-state index in [9.17, 15) is 4.79 Å². The predicted octanol–water partition coefficient (Wildman–Crippen LogP) is 4.26. The average molecular weight is 417 g/mol. The Balaban J connectivity index is 1.25. The van der Waals surface area contributed by atoms with E-state index in [0.29, 0.717) is 18.3 Å². The van der Waals surface area contributed by atoms with E-state index in [1.165, 1.54) is 6.42 Å². The van der Waals surface area contributed by atoms with Crippen LogP contribution in [-0.2, 0) is 10.3 Å². The molecule has 0 spiro atoms. The van der Waals surface area contributed by atoms with Crippen LogP contribution in [0, 0.1) is 11.8 Å². The van der Waals surface area contributed by atoms with Crippen LogP contribution in [0.4, 0.5) is 0 Å². The zero-order valence-electron chi connectivity index (χ0n) is 17.6. The lowest BCUT2D eigenvalue weighted by molar-refractivity contribution is -0.130. The monoisotopic (exact) mass is 416 g/mol. The number of nitrogens with one attached hydrogen (secondary N) is 1. The first-order valence-electron chi connectivity index (χ1n) is 11.4. The summed E-state index contributed by atoms with van der Waals surface area (Å²) in [6, 6.07) is 14.0. The van der Waals surface area contributed by atoms with Gasteiger partial charge in [-0.3, -0.25) is 4.79 Å². The highest BCUT2D eigenvalue weighted by Crippen LogP contribution is 2.60. The number of carbonyl (C=O) groups is 1. The van der Waals surface area contributed by atoms with Gasteiger partial charge < -0.3 is 9.73 Å². The molecule has 4 fully saturated rings. The van der Waals surface area contributed by atoms with Crippen molar-refractivity contribution >= 4 is 5.91 Å². The summed E-state index contributed by atoms with van der Waals surface area (Å²) < 4.78 is 7.80. The number of hydrogen-bond donors (Lipinski definition) is 1. The molecule has 1 aromatic carbocycles. The molecule has 4 aliphatic rings.